The Morgan fingerprint density at radius 2 is 2.39 bits per heavy atom. The van der Waals surface area contributed by atoms with E-state index in [9.17, 15) is 5.11 Å². The van der Waals surface area contributed by atoms with Crippen LogP contribution >= 0.6 is 0 Å². The third-order valence-electron chi connectivity index (χ3n) is 3.73. The summed E-state index contributed by atoms with van der Waals surface area (Å²) in [7, 11) is 1.74. The van der Waals surface area contributed by atoms with Gasteiger partial charge in [0.15, 0.2) is 0 Å². The van der Waals surface area contributed by atoms with Gasteiger partial charge >= 0.3 is 0 Å². The minimum atomic E-state index is 0.216. The van der Waals surface area contributed by atoms with Gasteiger partial charge < -0.3 is 9.84 Å². The molecule has 5 nitrogen and oxygen atoms in total. The van der Waals surface area contributed by atoms with Crippen LogP contribution in [0.4, 0.5) is 0 Å². The Morgan fingerprint density at radius 3 is 3.00 bits per heavy atom. The van der Waals surface area contributed by atoms with Crippen LogP contribution in [0.15, 0.2) is 12.4 Å². The first-order valence-electron chi connectivity index (χ1n) is 6.65. The van der Waals surface area contributed by atoms with Crippen molar-refractivity contribution in [3.8, 4) is 0 Å². The van der Waals surface area contributed by atoms with Gasteiger partial charge in [0.25, 0.3) is 0 Å². The second-order valence-corrected chi connectivity index (χ2v) is 4.88. The van der Waals surface area contributed by atoms with Gasteiger partial charge in [-0.2, -0.15) is 5.10 Å². The topological polar surface area (TPSA) is 50.5 Å². The average Bonchev–Trinajstić information content (AvgIpc) is 3.02. The normalized spacial score (nSPS) is 24.8. The highest BCUT2D eigenvalue weighted by molar-refractivity contribution is 5.05. The maximum atomic E-state index is 9.38. The summed E-state index contributed by atoms with van der Waals surface area (Å²) >= 11 is 0. The SMILES string of the molecule is CCn1cc(CCN2C[C@H](OC)C[C@H]2CO)cn1. The molecule has 1 aliphatic heterocycles. The molecule has 1 fully saturated rings. The number of aliphatic hydroxyl groups is 1. The second-order valence-electron chi connectivity index (χ2n) is 4.88. The third-order valence-corrected chi connectivity index (χ3v) is 3.73. The fraction of sp³-hybridized carbons (Fsp3) is 0.769. The van der Waals surface area contributed by atoms with E-state index in [4.69, 9.17) is 4.74 Å². The van der Waals surface area contributed by atoms with Crippen molar-refractivity contribution in [2.24, 2.45) is 0 Å². The van der Waals surface area contributed by atoms with Crippen LogP contribution in [0.2, 0.25) is 0 Å². The first-order valence-corrected chi connectivity index (χ1v) is 6.65. The number of ether oxygens (including phenoxy) is 1. The molecule has 1 N–H and O–H groups in total. The molecule has 0 aromatic carbocycles. The lowest BCUT2D eigenvalue weighted by Gasteiger charge is -2.21. The fourth-order valence-corrected chi connectivity index (χ4v) is 2.55. The summed E-state index contributed by atoms with van der Waals surface area (Å²) in [5.74, 6) is 0. The van der Waals surface area contributed by atoms with Crippen LogP contribution in [0.5, 0.6) is 0 Å². The van der Waals surface area contributed by atoms with E-state index in [1.807, 2.05) is 10.9 Å². The minimum Gasteiger partial charge on any atom is -0.395 e. The molecule has 18 heavy (non-hydrogen) atoms. The maximum Gasteiger partial charge on any atom is 0.0714 e. The Morgan fingerprint density at radius 1 is 1.56 bits per heavy atom. The van der Waals surface area contributed by atoms with Crippen molar-refractivity contribution < 1.29 is 9.84 Å². The van der Waals surface area contributed by atoms with Crippen molar-refractivity contribution in [2.75, 3.05) is 26.8 Å². The van der Waals surface area contributed by atoms with Crippen LogP contribution in [0.25, 0.3) is 0 Å². The molecule has 0 aliphatic carbocycles. The number of aryl methyl sites for hydroxylation is 1. The van der Waals surface area contributed by atoms with E-state index in [0.29, 0.717) is 0 Å². The molecule has 2 rings (SSSR count). The van der Waals surface area contributed by atoms with Crippen molar-refractivity contribution >= 4 is 0 Å². The number of nitrogens with zero attached hydrogens (tertiary/aromatic N) is 3. The Kier molecular flexibility index (Phi) is 4.74. The van der Waals surface area contributed by atoms with Crippen LogP contribution in [-0.4, -0.2) is 58.7 Å². The number of aromatic nitrogens is 2. The highest BCUT2D eigenvalue weighted by Crippen LogP contribution is 2.19. The Hall–Kier alpha value is -0.910. The monoisotopic (exact) mass is 253 g/mol. The predicted molar refractivity (Wildman–Crippen MR) is 69.5 cm³/mol. The Balaban J connectivity index is 1.85. The van der Waals surface area contributed by atoms with E-state index >= 15 is 0 Å². The summed E-state index contributed by atoms with van der Waals surface area (Å²) in [6.45, 7) is 5.09. The van der Waals surface area contributed by atoms with Gasteiger partial charge in [0.05, 0.1) is 18.9 Å². The van der Waals surface area contributed by atoms with Gasteiger partial charge in [0.1, 0.15) is 0 Å². The van der Waals surface area contributed by atoms with Gasteiger partial charge in [-0.25, -0.2) is 0 Å². The molecular weight excluding hydrogens is 230 g/mol. The zero-order chi connectivity index (χ0) is 13.0. The molecule has 0 spiro atoms. The number of hydrogen-bond donors (Lipinski definition) is 1. The molecule has 2 atom stereocenters. The van der Waals surface area contributed by atoms with Crippen molar-refractivity contribution in [3.63, 3.8) is 0 Å². The van der Waals surface area contributed by atoms with E-state index in [1.54, 1.807) is 7.11 Å². The zero-order valence-electron chi connectivity index (χ0n) is 11.2. The molecule has 0 bridgehead atoms. The first-order chi connectivity index (χ1) is 8.76. The van der Waals surface area contributed by atoms with E-state index < -0.39 is 0 Å². The molecule has 0 amide bonds. The van der Waals surface area contributed by atoms with Gasteiger partial charge in [-0.1, -0.05) is 0 Å². The molecule has 0 radical (unpaired) electrons. The van der Waals surface area contributed by atoms with Crippen molar-refractivity contribution in [3.05, 3.63) is 18.0 Å². The summed E-state index contributed by atoms with van der Waals surface area (Å²) in [4.78, 5) is 2.32. The smallest absolute Gasteiger partial charge is 0.0714 e. The molecule has 0 saturated carbocycles. The predicted octanol–water partition coefficient (Wildman–Crippen LogP) is 0.527. The standard InChI is InChI=1S/C13H23N3O2/c1-3-16-8-11(7-14-16)4-5-15-9-13(18-2)6-12(15)10-17/h7-8,12-13,17H,3-6,9-10H2,1-2H3/t12-,13+/m0/s1. The van der Waals surface area contributed by atoms with Gasteiger partial charge in [-0.05, 0) is 25.3 Å². The molecule has 2 heterocycles. The van der Waals surface area contributed by atoms with Crippen molar-refractivity contribution in [2.45, 2.75) is 38.5 Å². The number of hydrogen-bond acceptors (Lipinski definition) is 4. The molecule has 102 valence electrons. The Labute approximate surface area is 108 Å². The molecule has 1 saturated heterocycles. The highest BCUT2D eigenvalue weighted by atomic mass is 16.5. The largest absolute Gasteiger partial charge is 0.395 e. The maximum absolute atomic E-state index is 9.38. The molecule has 5 heteroatoms. The van der Waals surface area contributed by atoms with Crippen molar-refractivity contribution in [1.82, 2.24) is 14.7 Å². The van der Waals surface area contributed by atoms with Gasteiger partial charge in [0.2, 0.25) is 0 Å². The number of rotatable bonds is 6. The molecule has 1 aromatic heterocycles. The van der Waals surface area contributed by atoms with Gasteiger partial charge in [-0.3, -0.25) is 9.58 Å². The van der Waals surface area contributed by atoms with Gasteiger partial charge in [-0.15, -0.1) is 0 Å². The van der Waals surface area contributed by atoms with E-state index in [2.05, 4.69) is 23.1 Å². The van der Waals surface area contributed by atoms with Crippen LogP contribution in [-0.2, 0) is 17.7 Å². The van der Waals surface area contributed by atoms with E-state index in [-0.39, 0.29) is 18.8 Å². The second kappa shape index (κ2) is 6.31. The number of aliphatic hydroxyl groups excluding tert-OH is 1. The molecular formula is C13H23N3O2. The molecule has 1 aromatic rings. The third kappa shape index (κ3) is 3.10. The van der Waals surface area contributed by atoms with Crippen LogP contribution in [0, 0.1) is 0 Å². The number of methoxy groups -OCH3 is 1. The zero-order valence-corrected chi connectivity index (χ0v) is 11.2. The molecule has 0 unspecified atom stereocenters. The van der Waals surface area contributed by atoms with Crippen LogP contribution in [0.1, 0.15) is 18.9 Å². The Bertz CT molecular complexity index is 367. The lowest BCUT2D eigenvalue weighted by molar-refractivity contribution is 0.108. The van der Waals surface area contributed by atoms with E-state index in [0.717, 1.165) is 32.5 Å². The van der Waals surface area contributed by atoms with Crippen molar-refractivity contribution in [1.29, 1.82) is 0 Å². The summed E-state index contributed by atoms with van der Waals surface area (Å²) < 4.78 is 7.32. The molecule has 1 aliphatic rings. The lowest BCUT2D eigenvalue weighted by Crippen LogP contribution is -2.34. The minimum absolute atomic E-state index is 0.216. The van der Waals surface area contributed by atoms with Gasteiger partial charge in [0, 0.05) is 39.0 Å². The summed E-state index contributed by atoms with van der Waals surface area (Å²) in [6, 6.07) is 0.246. The average molecular weight is 253 g/mol. The number of likely N-dealkylation sites (tertiary alicyclic amines) is 1. The van der Waals surface area contributed by atoms with Crippen LogP contribution in [0.3, 0.4) is 0 Å². The van der Waals surface area contributed by atoms with Crippen LogP contribution < -0.4 is 0 Å². The quantitative estimate of drug-likeness (QED) is 0.803. The summed E-state index contributed by atoms with van der Waals surface area (Å²) in [5, 5.41) is 13.6. The summed E-state index contributed by atoms with van der Waals surface area (Å²) in [6.07, 6.45) is 6.20. The lowest BCUT2D eigenvalue weighted by atomic mass is 10.2. The van der Waals surface area contributed by atoms with E-state index in [1.165, 1.54) is 5.56 Å². The fourth-order valence-electron chi connectivity index (χ4n) is 2.55. The summed E-state index contributed by atoms with van der Waals surface area (Å²) in [5.41, 5.74) is 1.26. The first kappa shape index (κ1) is 13.5. The highest BCUT2D eigenvalue weighted by Gasteiger charge is 2.31.